The Morgan fingerprint density at radius 1 is 1.24 bits per heavy atom. The zero-order chi connectivity index (χ0) is 15.2. The topological polar surface area (TPSA) is 50.4 Å². The van der Waals surface area contributed by atoms with Crippen molar-refractivity contribution < 1.29 is 9.53 Å². The first-order valence-corrected chi connectivity index (χ1v) is 8.42. The molecule has 4 nitrogen and oxygen atoms in total. The van der Waals surface area contributed by atoms with Crippen molar-refractivity contribution in [3.63, 3.8) is 0 Å². The first-order valence-electron chi connectivity index (χ1n) is 8.42. The van der Waals surface area contributed by atoms with E-state index in [0.717, 1.165) is 0 Å². The zero-order valence-electron chi connectivity index (χ0n) is 13.4. The molecule has 3 unspecified atom stereocenters. The summed E-state index contributed by atoms with van der Waals surface area (Å²) in [6, 6.07) is 0.635. The molecule has 2 fully saturated rings. The van der Waals surface area contributed by atoms with Gasteiger partial charge in [-0.2, -0.15) is 0 Å². The summed E-state index contributed by atoms with van der Waals surface area (Å²) in [4.78, 5) is 11.6. The molecule has 0 radical (unpaired) electrons. The quantitative estimate of drug-likeness (QED) is 0.605. The molecule has 1 aliphatic heterocycles. The third-order valence-electron chi connectivity index (χ3n) is 4.66. The molecule has 2 aliphatic rings. The normalized spacial score (nSPS) is 31.1. The monoisotopic (exact) mass is 294 g/mol. The highest BCUT2D eigenvalue weighted by Crippen LogP contribution is 2.32. The molecular formula is C17H30N2O2. The molecule has 1 saturated carbocycles. The van der Waals surface area contributed by atoms with Crippen molar-refractivity contribution >= 4 is 5.91 Å². The summed E-state index contributed by atoms with van der Waals surface area (Å²) in [6.07, 6.45) is 9.38. The van der Waals surface area contributed by atoms with E-state index in [-0.39, 0.29) is 24.1 Å². The Bertz CT molecular complexity index is 349. The average Bonchev–Trinajstić information content (AvgIpc) is 2.68. The summed E-state index contributed by atoms with van der Waals surface area (Å²) in [5, 5.41) is 6.64. The first-order chi connectivity index (χ1) is 10.1. The van der Waals surface area contributed by atoms with Gasteiger partial charge in [0.15, 0.2) is 0 Å². The highest BCUT2D eigenvalue weighted by molar-refractivity contribution is 5.87. The van der Waals surface area contributed by atoms with Crippen LogP contribution in [0.5, 0.6) is 0 Å². The average molecular weight is 294 g/mol. The minimum atomic E-state index is -0.110. The molecule has 1 saturated heterocycles. The fourth-order valence-electron chi connectivity index (χ4n) is 3.69. The van der Waals surface area contributed by atoms with E-state index in [1.807, 2.05) is 0 Å². The second kappa shape index (κ2) is 7.95. The molecule has 1 heterocycles. The van der Waals surface area contributed by atoms with E-state index >= 15 is 0 Å². The molecule has 1 aliphatic carbocycles. The summed E-state index contributed by atoms with van der Waals surface area (Å²) in [6.45, 7) is 8.43. The lowest BCUT2D eigenvalue weighted by Crippen LogP contribution is -2.54. The molecule has 0 aromatic rings. The van der Waals surface area contributed by atoms with Gasteiger partial charge < -0.3 is 15.4 Å². The molecule has 0 spiro atoms. The van der Waals surface area contributed by atoms with Gasteiger partial charge >= 0.3 is 0 Å². The summed E-state index contributed by atoms with van der Waals surface area (Å²) < 4.78 is 6.11. The van der Waals surface area contributed by atoms with Crippen LogP contribution < -0.4 is 10.6 Å². The Labute approximate surface area is 128 Å². The van der Waals surface area contributed by atoms with Gasteiger partial charge in [0.2, 0.25) is 5.91 Å². The standard InChI is InChI=1S/C17H30N2O2/c1-4-15(20)19-14-11-21-17(16(14)18-12(2)3)13-9-7-5-6-8-10-13/h4,12-14,16-18H,1,5-11H2,2-3H3,(H,19,20). The number of carbonyl (C=O) groups is 1. The first kappa shape index (κ1) is 16.5. The maximum absolute atomic E-state index is 11.6. The Kier molecular flexibility index (Phi) is 6.24. The Balaban J connectivity index is 2.04. The van der Waals surface area contributed by atoms with Crippen LogP contribution in [0.1, 0.15) is 52.4 Å². The lowest BCUT2D eigenvalue weighted by Gasteiger charge is -2.31. The van der Waals surface area contributed by atoms with Crippen LogP contribution in [-0.2, 0) is 9.53 Å². The Hall–Kier alpha value is -0.870. The van der Waals surface area contributed by atoms with Gasteiger partial charge in [-0.25, -0.2) is 0 Å². The van der Waals surface area contributed by atoms with Gasteiger partial charge in [0.25, 0.3) is 0 Å². The second-order valence-electron chi connectivity index (χ2n) is 6.72. The van der Waals surface area contributed by atoms with Gasteiger partial charge in [0.1, 0.15) is 0 Å². The number of hydrogen-bond donors (Lipinski definition) is 2. The minimum absolute atomic E-state index is 0.0474. The zero-order valence-corrected chi connectivity index (χ0v) is 13.4. The van der Waals surface area contributed by atoms with Crippen molar-refractivity contribution in [1.29, 1.82) is 0 Å². The maximum Gasteiger partial charge on any atom is 0.243 e. The molecule has 21 heavy (non-hydrogen) atoms. The third kappa shape index (κ3) is 4.55. The molecule has 0 aromatic heterocycles. The van der Waals surface area contributed by atoms with E-state index in [0.29, 0.717) is 18.6 Å². The molecule has 2 N–H and O–H groups in total. The third-order valence-corrected chi connectivity index (χ3v) is 4.66. The van der Waals surface area contributed by atoms with Gasteiger partial charge in [-0.05, 0) is 24.8 Å². The van der Waals surface area contributed by atoms with Crippen molar-refractivity contribution in [3.8, 4) is 0 Å². The van der Waals surface area contributed by atoms with E-state index in [2.05, 4.69) is 31.1 Å². The fourth-order valence-corrected chi connectivity index (χ4v) is 3.69. The van der Waals surface area contributed by atoms with Crippen LogP contribution in [0.2, 0.25) is 0 Å². The van der Waals surface area contributed by atoms with E-state index in [1.54, 1.807) is 0 Å². The highest BCUT2D eigenvalue weighted by atomic mass is 16.5. The SMILES string of the molecule is C=CC(=O)NC1COC(C2CCCCCC2)C1NC(C)C. The van der Waals surface area contributed by atoms with E-state index in [1.165, 1.54) is 44.6 Å². The molecule has 0 bridgehead atoms. The number of ether oxygens (including phenoxy) is 1. The predicted octanol–water partition coefficient (Wildman–Crippen LogP) is 2.39. The van der Waals surface area contributed by atoms with Gasteiger partial charge in [-0.3, -0.25) is 4.79 Å². The van der Waals surface area contributed by atoms with Crippen molar-refractivity contribution in [2.24, 2.45) is 5.92 Å². The maximum atomic E-state index is 11.6. The van der Waals surface area contributed by atoms with Crippen molar-refractivity contribution in [2.45, 2.75) is 76.6 Å². The van der Waals surface area contributed by atoms with Crippen LogP contribution in [0.15, 0.2) is 12.7 Å². The molecular weight excluding hydrogens is 264 g/mol. The van der Waals surface area contributed by atoms with E-state index in [9.17, 15) is 4.79 Å². The number of hydrogen-bond acceptors (Lipinski definition) is 3. The van der Waals surface area contributed by atoms with Crippen LogP contribution in [0.3, 0.4) is 0 Å². The Morgan fingerprint density at radius 3 is 2.48 bits per heavy atom. The molecule has 2 rings (SSSR count). The lowest BCUT2D eigenvalue weighted by atomic mass is 9.88. The molecule has 3 atom stereocenters. The molecule has 4 heteroatoms. The number of carbonyl (C=O) groups excluding carboxylic acids is 1. The van der Waals surface area contributed by atoms with Crippen LogP contribution >= 0.6 is 0 Å². The van der Waals surface area contributed by atoms with Crippen LogP contribution in [0, 0.1) is 5.92 Å². The van der Waals surface area contributed by atoms with Crippen LogP contribution in [0.25, 0.3) is 0 Å². The van der Waals surface area contributed by atoms with Gasteiger partial charge in [-0.1, -0.05) is 46.1 Å². The summed E-state index contributed by atoms with van der Waals surface area (Å²) in [7, 11) is 0. The summed E-state index contributed by atoms with van der Waals surface area (Å²) in [5.74, 6) is 0.509. The van der Waals surface area contributed by atoms with Crippen molar-refractivity contribution in [1.82, 2.24) is 10.6 Å². The number of amides is 1. The van der Waals surface area contributed by atoms with E-state index in [4.69, 9.17) is 4.74 Å². The smallest absolute Gasteiger partial charge is 0.243 e. The number of nitrogens with one attached hydrogen (secondary N) is 2. The predicted molar refractivity (Wildman–Crippen MR) is 85.1 cm³/mol. The fraction of sp³-hybridized carbons (Fsp3) is 0.824. The van der Waals surface area contributed by atoms with Crippen molar-refractivity contribution in [2.75, 3.05) is 6.61 Å². The number of rotatable bonds is 5. The van der Waals surface area contributed by atoms with Gasteiger partial charge in [0, 0.05) is 6.04 Å². The van der Waals surface area contributed by atoms with E-state index < -0.39 is 0 Å². The molecule has 1 amide bonds. The van der Waals surface area contributed by atoms with Gasteiger partial charge in [-0.15, -0.1) is 0 Å². The summed E-state index contributed by atoms with van der Waals surface area (Å²) >= 11 is 0. The molecule has 0 aromatic carbocycles. The lowest BCUT2D eigenvalue weighted by molar-refractivity contribution is -0.117. The minimum Gasteiger partial charge on any atom is -0.374 e. The van der Waals surface area contributed by atoms with Gasteiger partial charge in [0.05, 0.1) is 24.8 Å². The largest absolute Gasteiger partial charge is 0.374 e. The van der Waals surface area contributed by atoms with Crippen molar-refractivity contribution in [3.05, 3.63) is 12.7 Å². The second-order valence-corrected chi connectivity index (χ2v) is 6.72. The Morgan fingerprint density at radius 2 is 1.90 bits per heavy atom. The summed E-state index contributed by atoms with van der Waals surface area (Å²) in [5.41, 5.74) is 0. The van der Waals surface area contributed by atoms with Crippen LogP contribution in [-0.4, -0.2) is 36.7 Å². The van der Waals surface area contributed by atoms with Crippen LogP contribution in [0.4, 0.5) is 0 Å². The molecule has 120 valence electrons. The highest BCUT2D eigenvalue weighted by Gasteiger charge is 2.42.